The molecule has 2 heteroatoms. The highest BCUT2D eigenvalue weighted by Crippen LogP contribution is 2.43. The number of unbranched alkanes of at least 4 members (excludes halogenated alkanes) is 1. The van der Waals surface area contributed by atoms with E-state index in [-0.39, 0.29) is 10.8 Å². The van der Waals surface area contributed by atoms with Crippen molar-refractivity contribution in [1.29, 1.82) is 0 Å². The number of aryl methyl sites for hydroxylation is 1. The second-order valence-corrected chi connectivity index (χ2v) is 9.48. The van der Waals surface area contributed by atoms with Gasteiger partial charge < -0.3 is 0 Å². The van der Waals surface area contributed by atoms with Crippen molar-refractivity contribution in [1.82, 2.24) is 0 Å². The summed E-state index contributed by atoms with van der Waals surface area (Å²) >= 11 is 5.78. The van der Waals surface area contributed by atoms with Crippen LogP contribution >= 0.6 is 11.6 Å². The molecule has 2 saturated carbocycles. The van der Waals surface area contributed by atoms with Gasteiger partial charge in [0.1, 0.15) is 5.82 Å². The second-order valence-electron chi connectivity index (χ2n) is 9.07. The first-order valence-corrected chi connectivity index (χ1v) is 11.6. The van der Waals surface area contributed by atoms with Gasteiger partial charge in [-0.1, -0.05) is 55.8 Å². The van der Waals surface area contributed by atoms with Gasteiger partial charge in [-0.3, -0.25) is 0 Å². The normalized spacial score (nSPS) is 28.8. The van der Waals surface area contributed by atoms with E-state index in [1.807, 2.05) is 6.07 Å². The molecular formula is C25H36ClF. The lowest BCUT2D eigenvalue weighted by molar-refractivity contribution is 0.141. The summed E-state index contributed by atoms with van der Waals surface area (Å²) in [7, 11) is 0. The molecule has 2 aliphatic carbocycles. The second kappa shape index (κ2) is 10.6. The Morgan fingerprint density at radius 2 is 1.52 bits per heavy atom. The summed E-state index contributed by atoms with van der Waals surface area (Å²) in [4.78, 5) is 0. The van der Waals surface area contributed by atoms with Gasteiger partial charge >= 0.3 is 0 Å². The monoisotopic (exact) mass is 390 g/mol. The van der Waals surface area contributed by atoms with E-state index in [1.165, 1.54) is 77.0 Å². The Kier molecular flexibility index (Phi) is 8.24. The fraction of sp³-hybridized carbons (Fsp3) is 0.680. The van der Waals surface area contributed by atoms with Crippen LogP contribution < -0.4 is 0 Å². The zero-order chi connectivity index (χ0) is 19.1. The Morgan fingerprint density at radius 3 is 2.07 bits per heavy atom. The molecule has 0 saturated heterocycles. The zero-order valence-electron chi connectivity index (χ0n) is 16.8. The van der Waals surface area contributed by atoms with Crippen LogP contribution in [-0.2, 0) is 6.42 Å². The van der Waals surface area contributed by atoms with E-state index in [1.54, 1.807) is 12.1 Å². The molecule has 3 rings (SSSR count). The summed E-state index contributed by atoms with van der Waals surface area (Å²) in [6.07, 6.45) is 19.6. The lowest BCUT2D eigenvalue weighted by Gasteiger charge is -2.38. The summed E-state index contributed by atoms with van der Waals surface area (Å²) in [6.45, 7) is 3.84. The predicted molar refractivity (Wildman–Crippen MR) is 115 cm³/mol. The number of hydrogen-bond donors (Lipinski definition) is 0. The van der Waals surface area contributed by atoms with Crippen LogP contribution in [0.2, 0.25) is 5.02 Å². The highest BCUT2D eigenvalue weighted by molar-refractivity contribution is 6.30. The predicted octanol–water partition coefficient (Wildman–Crippen LogP) is 8.38. The molecule has 0 N–H and O–H groups in total. The molecule has 0 aromatic heterocycles. The molecule has 1 aromatic rings. The third kappa shape index (κ3) is 6.34. The van der Waals surface area contributed by atoms with Crippen LogP contribution in [0.5, 0.6) is 0 Å². The van der Waals surface area contributed by atoms with Crippen LogP contribution in [0.25, 0.3) is 0 Å². The van der Waals surface area contributed by atoms with Crippen LogP contribution in [0.3, 0.4) is 0 Å². The maximum Gasteiger partial charge on any atom is 0.142 e. The van der Waals surface area contributed by atoms with Crippen molar-refractivity contribution in [2.45, 2.75) is 83.5 Å². The van der Waals surface area contributed by atoms with Gasteiger partial charge in [-0.25, -0.2) is 4.39 Å². The Labute approximate surface area is 170 Å². The minimum absolute atomic E-state index is 0.231. The Morgan fingerprint density at radius 1 is 0.926 bits per heavy atom. The van der Waals surface area contributed by atoms with Gasteiger partial charge in [-0.2, -0.15) is 0 Å². The number of benzene rings is 1. The van der Waals surface area contributed by atoms with E-state index in [0.29, 0.717) is 0 Å². The van der Waals surface area contributed by atoms with Crippen molar-refractivity contribution in [3.63, 3.8) is 0 Å². The van der Waals surface area contributed by atoms with Crippen LogP contribution in [0.4, 0.5) is 4.39 Å². The average molecular weight is 391 g/mol. The fourth-order valence-corrected chi connectivity index (χ4v) is 5.63. The van der Waals surface area contributed by atoms with Crippen LogP contribution in [0.15, 0.2) is 30.9 Å². The molecule has 0 radical (unpaired) electrons. The molecule has 27 heavy (non-hydrogen) atoms. The van der Waals surface area contributed by atoms with Gasteiger partial charge in [0.2, 0.25) is 0 Å². The van der Waals surface area contributed by atoms with E-state index >= 15 is 0 Å². The van der Waals surface area contributed by atoms with Gasteiger partial charge in [0, 0.05) is 0 Å². The summed E-state index contributed by atoms with van der Waals surface area (Å²) in [5.74, 6) is 3.50. The van der Waals surface area contributed by atoms with Crippen LogP contribution in [0, 0.1) is 29.5 Å². The molecule has 0 heterocycles. The number of allylic oxidation sites excluding steroid dienone is 1. The Hall–Kier alpha value is -0.820. The SMILES string of the molecule is C=CCCC[C@H]1CC[C@H](C2CCC(CCc3ccc(Cl)c(F)c3)CC2)CC1. The highest BCUT2D eigenvalue weighted by atomic mass is 35.5. The van der Waals surface area contributed by atoms with E-state index in [0.717, 1.165) is 35.7 Å². The van der Waals surface area contributed by atoms with Crippen LogP contribution in [0.1, 0.15) is 82.6 Å². The largest absolute Gasteiger partial charge is 0.205 e. The highest BCUT2D eigenvalue weighted by Gasteiger charge is 2.30. The minimum Gasteiger partial charge on any atom is -0.205 e. The molecule has 0 amide bonds. The smallest absolute Gasteiger partial charge is 0.142 e. The van der Waals surface area contributed by atoms with Gasteiger partial charge in [-0.05, 0) is 92.7 Å². The first-order chi connectivity index (χ1) is 13.2. The van der Waals surface area contributed by atoms with E-state index in [9.17, 15) is 4.39 Å². The van der Waals surface area contributed by atoms with E-state index in [2.05, 4.69) is 12.7 Å². The average Bonchev–Trinajstić information content (AvgIpc) is 2.70. The lowest BCUT2D eigenvalue weighted by Crippen LogP contribution is -2.26. The molecule has 0 spiro atoms. The molecule has 0 atom stereocenters. The van der Waals surface area contributed by atoms with Gasteiger partial charge in [0.05, 0.1) is 5.02 Å². The molecule has 2 aliphatic rings. The van der Waals surface area contributed by atoms with Crippen molar-refractivity contribution in [2.24, 2.45) is 23.7 Å². The molecule has 0 aliphatic heterocycles. The number of hydrogen-bond acceptors (Lipinski definition) is 0. The molecule has 0 nitrogen and oxygen atoms in total. The van der Waals surface area contributed by atoms with E-state index in [4.69, 9.17) is 11.6 Å². The summed E-state index contributed by atoms with van der Waals surface area (Å²) in [5, 5.41) is 0.231. The maximum atomic E-state index is 13.6. The van der Waals surface area contributed by atoms with Gasteiger partial charge in [-0.15, -0.1) is 6.58 Å². The Bertz CT molecular complexity index is 580. The molecule has 2 fully saturated rings. The molecule has 1 aromatic carbocycles. The van der Waals surface area contributed by atoms with E-state index < -0.39 is 0 Å². The third-order valence-corrected chi connectivity index (χ3v) is 7.60. The van der Waals surface area contributed by atoms with Gasteiger partial charge in [0.15, 0.2) is 0 Å². The summed E-state index contributed by atoms with van der Waals surface area (Å²) in [6, 6.07) is 5.28. The maximum absolute atomic E-state index is 13.6. The number of halogens is 2. The van der Waals surface area contributed by atoms with Crippen LogP contribution in [-0.4, -0.2) is 0 Å². The first kappa shape index (κ1) is 20.9. The molecule has 0 unspecified atom stereocenters. The summed E-state index contributed by atoms with van der Waals surface area (Å²) < 4.78 is 13.6. The third-order valence-electron chi connectivity index (χ3n) is 7.30. The minimum atomic E-state index is -0.280. The number of rotatable bonds is 8. The van der Waals surface area contributed by atoms with Crippen molar-refractivity contribution < 1.29 is 4.39 Å². The molecule has 0 bridgehead atoms. The van der Waals surface area contributed by atoms with Crippen molar-refractivity contribution >= 4 is 11.6 Å². The Balaban J connectivity index is 1.34. The standard InChI is InChI=1S/C25H36ClF/c1-2-3-4-5-19-8-13-22(14-9-19)23-15-10-20(11-16-23)6-7-21-12-17-24(26)25(27)18-21/h2,12,17-20,22-23H,1,3-11,13-16H2/t19-,20?,22-,23?. The quantitative estimate of drug-likeness (QED) is 0.309. The fourth-order valence-electron chi connectivity index (χ4n) is 5.51. The van der Waals surface area contributed by atoms with Crippen molar-refractivity contribution in [2.75, 3.05) is 0 Å². The van der Waals surface area contributed by atoms with Crippen molar-refractivity contribution in [3.05, 3.63) is 47.3 Å². The lowest BCUT2D eigenvalue weighted by atomic mass is 9.68. The topological polar surface area (TPSA) is 0 Å². The molecule has 150 valence electrons. The summed E-state index contributed by atoms with van der Waals surface area (Å²) in [5.41, 5.74) is 1.09. The molecular weight excluding hydrogens is 355 g/mol. The first-order valence-electron chi connectivity index (χ1n) is 11.2. The van der Waals surface area contributed by atoms with Crippen molar-refractivity contribution in [3.8, 4) is 0 Å². The zero-order valence-corrected chi connectivity index (χ0v) is 17.5. The van der Waals surface area contributed by atoms with Gasteiger partial charge in [0.25, 0.3) is 0 Å².